The fraction of sp³-hybridized carbons (Fsp3) is 0.600. The first kappa shape index (κ1) is 14.6. The molecule has 1 saturated carbocycles. The van der Waals surface area contributed by atoms with Crippen molar-refractivity contribution in [1.29, 1.82) is 0 Å². The average molecular weight is 309 g/mol. The first-order valence-electron chi connectivity index (χ1n) is 7.58. The van der Waals surface area contributed by atoms with E-state index in [1.165, 1.54) is 12.8 Å². The van der Waals surface area contributed by atoms with Crippen LogP contribution < -0.4 is 15.5 Å². The largest absolute Gasteiger partial charge is 0.353 e. The van der Waals surface area contributed by atoms with Crippen molar-refractivity contribution < 1.29 is 4.79 Å². The van der Waals surface area contributed by atoms with Crippen molar-refractivity contribution in [2.45, 2.75) is 25.3 Å². The van der Waals surface area contributed by atoms with Gasteiger partial charge in [-0.05, 0) is 43.9 Å². The molecule has 2 aliphatic rings. The van der Waals surface area contributed by atoms with Crippen molar-refractivity contribution >= 4 is 23.3 Å². The molecule has 1 aliphatic heterocycles. The predicted octanol–water partition coefficient (Wildman–Crippen LogP) is 1.43. The van der Waals surface area contributed by atoms with Gasteiger partial charge in [0.05, 0.1) is 11.6 Å². The number of anilines is 1. The van der Waals surface area contributed by atoms with Gasteiger partial charge < -0.3 is 15.5 Å². The van der Waals surface area contributed by atoms with E-state index in [0.29, 0.717) is 11.6 Å². The summed E-state index contributed by atoms with van der Waals surface area (Å²) < 4.78 is 0. The lowest BCUT2D eigenvalue weighted by atomic mass is 10.2. The summed E-state index contributed by atoms with van der Waals surface area (Å²) in [5.74, 6) is 1.68. The number of rotatable bonds is 6. The Balaban J connectivity index is 1.43. The van der Waals surface area contributed by atoms with Gasteiger partial charge in [0.1, 0.15) is 5.82 Å². The van der Waals surface area contributed by atoms with E-state index in [2.05, 4.69) is 20.5 Å². The van der Waals surface area contributed by atoms with Crippen molar-refractivity contribution in [3.05, 3.63) is 23.4 Å². The number of aromatic nitrogens is 1. The van der Waals surface area contributed by atoms with Crippen molar-refractivity contribution in [2.75, 3.05) is 31.1 Å². The zero-order chi connectivity index (χ0) is 14.7. The molecular formula is C15H21ClN4O. The molecule has 114 valence electrons. The van der Waals surface area contributed by atoms with E-state index in [-0.39, 0.29) is 11.9 Å². The van der Waals surface area contributed by atoms with Gasteiger partial charge in [0, 0.05) is 25.3 Å². The molecule has 1 unspecified atom stereocenters. The first-order chi connectivity index (χ1) is 10.2. The quantitative estimate of drug-likeness (QED) is 0.835. The number of carbonyl (C=O) groups excluding carboxylic acids is 1. The molecule has 1 aliphatic carbocycles. The zero-order valence-electron chi connectivity index (χ0n) is 12.0. The van der Waals surface area contributed by atoms with E-state index in [1.807, 2.05) is 12.1 Å². The number of halogens is 1. The molecule has 3 rings (SSSR count). The Kier molecular flexibility index (Phi) is 4.60. The van der Waals surface area contributed by atoms with E-state index in [0.717, 1.165) is 37.8 Å². The Morgan fingerprint density at radius 3 is 3.05 bits per heavy atom. The van der Waals surface area contributed by atoms with Gasteiger partial charge in [-0.2, -0.15) is 0 Å². The Bertz CT molecular complexity index is 506. The SMILES string of the molecule is O=C(CNCC1CC1)NC1CCN(c2ncccc2Cl)C1. The lowest BCUT2D eigenvalue weighted by molar-refractivity contribution is -0.120. The van der Waals surface area contributed by atoms with Crippen molar-refractivity contribution in [2.24, 2.45) is 5.92 Å². The second-order valence-corrected chi connectivity index (χ2v) is 6.29. The highest BCUT2D eigenvalue weighted by atomic mass is 35.5. The number of hydrogen-bond acceptors (Lipinski definition) is 4. The van der Waals surface area contributed by atoms with E-state index in [1.54, 1.807) is 6.20 Å². The molecule has 21 heavy (non-hydrogen) atoms. The number of nitrogens with one attached hydrogen (secondary N) is 2. The molecule has 0 radical (unpaired) electrons. The molecule has 1 atom stereocenters. The zero-order valence-corrected chi connectivity index (χ0v) is 12.8. The van der Waals surface area contributed by atoms with E-state index >= 15 is 0 Å². The molecule has 0 aromatic carbocycles. The molecule has 2 heterocycles. The Morgan fingerprint density at radius 1 is 1.43 bits per heavy atom. The number of nitrogens with zero attached hydrogens (tertiary/aromatic N) is 2. The maximum atomic E-state index is 11.9. The van der Waals surface area contributed by atoms with Gasteiger partial charge >= 0.3 is 0 Å². The van der Waals surface area contributed by atoms with Crippen LogP contribution in [-0.4, -0.2) is 43.1 Å². The van der Waals surface area contributed by atoms with Crippen LogP contribution in [0.4, 0.5) is 5.82 Å². The summed E-state index contributed by atoms with van der Waals surface area (Å²) in [7, 11) is 0. The van der Waals surface area contributed by atoms with Crippen LogP contribution in [0.15, 0.2) is 18.3 Å². The molecule has 1 saturated heterocycles. The molecular weight excluding hydrogens is 288 g/mol. The summed E-state index contributed by atoms with van der Waals surface area (Å²) >= 11 is 6.16. The third-order valence-corrected chi connectivity index (χ3v) is 4.30. The minimum absolute atomic E-state index is 0.0783. The van der Waals surface area contributed by atoms with Gasteiger partial charge in [0.2, 0.25) is 5.91 Å². The lowest BCUT2D eigenvalue weighted by Gasteiger charge is -2.19. The van der Waals surface area contributed by atoms with Crippen LogP contribution in [0.2, 0.25) is 5.02 Å². The number of pyridine rings is 1. The summed E-state index contributed by atoms with van der Waals surface area (Å²) in [6.07, 6.45) is 5.28. The summed E-state index contributed by atoms with van der Waals surface area (Å²) in [4.78, 5) is 18.3. The monoisotopic (exact) mass is 308 g/mol. The highest BCUT2D eigenvalue weighted by Gasteiger charge is 2.26. The standard InChI is InChI=1S/C15H21ClN4O/c16-13-2-1-6-18-15(13)20-7-5-12(10-20)19-14(21)9-17-8-11-3-4-11/h1-2,6,11-12,17H,3-5,7-10H2,(H,19,21). The summed E-state index contributed by atoms with van der Waals surface area (Å²) in [5, 5.41) is 6.95. The topological polar surface area (TPSA) is 57.3 Å². The Hall–Kier alpha value is -1.33. The van der Waals surface area contributed by atoms with Gasteiger partial charge in [-0.25, -0.2) is 4.98 Å². The molecule has 0 bridgehead atoms. The highest BCUT2D eigenvalue weighted by molar-refractivity contribution is 6.32. The van der Waals surface area contributed by atoms with Crippen LogP contribution in [0.5, 0.6) is 0 Å². The number of amides is 1. The van der Waals surface area contributed by atoms with E-state index in [4.69, 9.17) is 11.6 Å². The number of carbonyl (C=O) groups is 1. The fourth-order valence-electron chi connectivity index (χ4n) is 2.67. The number of hydrogen-bond donors (Lipinski definition) is 2. The van der Waals surface area contributed by atoms with E-state index < -0.39 is 0 Å². The van der Waals surface area contributed by atoms with Gasteiger partial charge in [-0.3, -0.25) is 4.79 Å². The molecule has 1 aromatic heterocycles. The summed E-state index contributed by atoms with van der Waals surface area (Å²) in [6.45, 7) is 3.02. The molecule has 6 heteroatoms. The maximum absolute atomic E-state index is 11.9. The van der Waals surface area contributed by atoms with Crippen molar-refractivity contribution in [1.82, 2.24) is 15.6 Å². The van der Waals surface area contributed by atoms with Crippen molar-refractivity contribution in [3.63, 3.8) is 0 Å². The molecule has 1 aromatic rings. The molecule has 0 spiro atoms. The van der Waals surface area contributed by atoms with Crippen LogP contribution in [0.1, 0.15) is 19.3 Å². The van der Waals surface area contributed by atoms with E-state index in [9.17, 15) is 4.79 Å². The fourth-order valence-corrected chi connectivity index (χ4v) is 2.91. The second-order valence-electron chi connectivity index (χ2n) is 5.88. The van der Waals surface area contributed by atoms with Gasteiger partial charge in [-0.1, -0.05) is 11.6 Å². The Morgan fingerprint density at radius 2 is 2.29 bits per heavy atom. The summed E-state index contributed by atoms with van der Waals surface area (Å²) in [5.41, 5.74) is 0. The summed E-state index contributed by atoms with van der Waals surface area (Å²) in [6, 6.07) is 3.85. The Labute approximate surface area is 130 Å². The van der Waals surface area contributed by atoms with Crippen molar-refractivity contribution in [3.8, 4) is 0 Å². The first-order valence-corrected chi connectivity index (χ1v) is 7.95. The second kappa shape index (κ2) is 6.62. The molecule has 1 amide bonds. The molecule has 2 fully saturated rings. The minimum atomic E-state index is 0.0783. The third-order valence-electron chi connectivity index (χ3n) is 4.01. The van der Waals surface area contributed by atoms with Crippen LogP contribution in [-0.2, 0) is 4.79 Å². The smallest absolute Gasteiger partial charge is 0.234 e. The molecule has 2 N–H and O–H groups in total. The highest BCUT2D eigenvalue weighted by Crippen LogP contribution is 2.27. The van der Waals surface area contributed by atoms with Crippen LogP contribution in [0, 0.1) is 5.92 Å². The maximum Gasteiger partial charge on any atom is 0.234 e. The van der Waals surface area contributed by atoms with Crippen LogP contribution >= 0.6 is 11.6 Å². The van der Waals surface area contributed by atoms with Gasteiger partial charge in [-0.15, -0.1) is 0 Å². The third kappa shape index (κ3) is 4.08. The lowest BCUT2D eigenvalue weighted by Crippen LogP contribution is -2.42. The minimum Gasteiger partial charge on any atom is -0.353 e. The molecule has 5 nitrogen and oxygen atoms in total. The van der Waals surface area contributed by atoms with Crippen LogP contribution in [0.3, 0.4) is 0 Å². The van der Waals surface area contributed by atoms with Gasteiger partial charge in [0.15, 0.2) is 0 Å². The normalized spacial score (nSPS) is 21.6. The van der Waals surface area contributed by atoms with Crippen LogP contribution in [0.25, 0.3) is 0 Å². The average Bonchev–Trinajstić information content (AvgIpc) is 3.18. The predicted molar refractivity (Wildman–Crippen MR) is 83.6 cm³/mol. The van der Waals surface area contributed by atoms with Gasteiger partial charge in [0.25, 0.3) is 0 Å².